The second kappa shape index (κ2) is 1.31. The summed E-state index contributed by atoms with van der Waals surface area (Å²) in [5.41, 5.74) is -1.32. The minimum atomic E-state index is -1.32. The van der Waals surface area contributed by atoms with E-state index in [1.807, 2.05) is 0 Å². The van der Waals surface area contributed by atoms with E-state index in [9.17, 15) is 14.9 Å². The summed E-state index contributed by atoms with van der Waals surface area (Å²) in [6, 6.07) is 0. The maximum atomic E-state index is 10.7. The molecule has 1 saturated carbocycles. The Balaban J connectivity index is 2.33. The molecule has 5 nitrogen and oxygen atoms in total. The van der Waals surface area contributed by atoms with Crippen molar-refractivity contribution >= 4 is 5.97 Å². The summed E-state index contributed by atoms with van der Waals surface area (Å²) < 4.78 is 4.50. The third-order valence-corrected chi connectivity index (χ3v) is 2.17. The molecule has 2 atom stereocenters. The molecule has 10 heavy (non-hydrogen) atoms. The SMILES string of the molecule is O=C1OCC2CC12[N+](=O)[O-]. The Bertz CT molecular complexity index is 226. The van der Waals surface area contributed by atoms with Gasteiger partial charge in [-0.1, -0.05) is 0 Å². The zero-order chi connectivity index (χ0) is 7.35. The fourth-order valence-corrected chi connectivity index (χ4v) is 1.36. The van der Waals surface area contributed by atoms with Gasteiger partial charge in [-0.15, -0.1) is 0 Å². The van der Waals surface area contributed by atoms with Crippen LogP contribution in [0.4, 0.5) is 0 Å². The molecule has 1 aliphatic heterocycles. The molecule has 0 N–H and O–H groups in total. The number of nitro groups is 1. The minimum Gasteiger partial charge on any atom is -0.460 e. The van der Waals surface area contributed by atoms with Crippen molar-refractivity contribution in [1.82, 2.24) is 0 Å². The van der Waals surface area contributed by atoms with Crippen LogP contribution in [0.15, 0.2) is 0 Å². The zero-order valence-electron chi connectivity index (χ0n) is 5.07. The number of hydrogen-bond acceptors (Lipinski definition) is 4. The van der Waals surface area contributed by atoms with Crippen LogP contribution in [-0.2, 0) is 9.53 Å². The van der Waals surface area contributed by atoms with Gasteiger partial charge in [0.2, 0.25) is 0 Å². The third-order valence-electron chi connectivity index (χ3n) is 2.17. The molecular formula is C5H5NO4. The van der Waals surface area contributed by atoms with Crippen LogP contribution < -0.4 is 0 Å². The van der Waals surface area contributed by atoms with E-state index in [2.05, 4.69) is 4.74 Å². The van der Waals surface area contributed by atoms with Crippen molar-refractivity contribution in [2.45, 2.75) is 12.0 Å². The Labute approximate surface area is 56.1 Å². The highest BCUT2D eigenvalue weighted by Crippen LogP contribution is 2.51. The maximum Gasteiger partial charge on any atom is 0.385 e. The van der Waals surface area contributed by atoms with Gasteiger partial charge < -0.3 is 4.74 Å². The number of carbonyl (C=O) groups is 1. The Morgan fingerprint density at radius 1 is 1.80 bits per heavy atom. The van der Waals surface area contributed by atoms with E-state index in [1.165, 1.54) is 0 Å². The van der Waals surface area contributed by atoms with Crippen LogP contribution in [0.5, 0.6) is 0 Å². The summed E-state index contributed by atoms with van der Waals surface area (Å²) in [5.74, 6) is -0.794. The molecule has 1 heterocycles. The highest BCUT2D eigenvalue weighted by Gasteiger charge is 2.77. The predicted octanol–water partition coefficient (Wildman–Crippen LogP) is -0.421. The molecular weight excluding hydrogens is 138 g/mol. The smallest absolute Gasteiger partial charge is 0.385 e. The first-order valence-electron chi connectivity index (χ1n) is 2.99. The molecule has 2 unspecified atom stereocenters. The zero-order valence-corrected chi connectivity index (χ0v) is 5.07. The van der Waals surface area contributed by atoms with Crippen LogP contribution in [0.2, 0.25) is 0 Å². The summed E-state index contributed by atoms with van der Waals surface area (Å²) >= 11 is 0. The van der Waals surface area contributed by atoms with Gasteiger partial charge in [-0.25, -0.2) is 4.79 Å². The summed E-state index contributed by atoms with van der Waals surface area (Å²) in [5, 5.41) is 10.3. The molecule has 2 aliphatic rings. The number of nitrogens with zero attached hydrogens (tertiary/aromatic N) is 1. The first-order valence-corrected chi connectivity index (χ1v) is 2.99. The summed E-state index contributed by atoms with van der Waals surface area (Å²) in [6.45, 7) is 0.236. The average Bonchev–Trinajstić information content (AvgIpc) is 2.52. The number of carbonyl (C=O) groups excluding carboxylic acids is 1. The van der Waals surface area contributed by atoms with E-state index >= 15 is 0 Å². The predicted molar refractivity (Wildman–Crippen MR) is 28.8 cm³/mol. The molecule has 0 aromatic carbocycles. The number of esters is 1. The van der Waals surface area contributed by atoms with Gasteiger partial charge in [0.05, 0.1) is 5.92 Å². The van der Waals surface area contributed by atoms with Gasteiger partial charge in [-0.3, -0.25) is 10.1 Å². The lowest BCUT2D eigenvalue weighted by molar-refractivity contribution is -0.525. The largest absolute Gasteiger partial charge is 0.460 e. The van der Waals surface area contributed by atoms with E-state index in [4.69, 9.17) is 0 Å². The summed E-state index contributed by atoms with van der Waals surface area (Å²) in [4.78, 5) is 20.5. The van der Waals surface area contributed by atoms with Crippen LogP contribution in [0.3, 0.4) is 0 Å². The lowest BCUT2D eigenvalue weighted by Crippen LogP contribution is -2.30. The highest BCUT2D eigenvalue weighted by atomic mass is 16.6. The Morgan fingerprint density at radius 3 is 2.70 bits per heavy atom. The van der Waals surface area contributed by atoms with Crippen LogP contribution in [0.1, 0.15) is 6.42 Å². The molecule has 1 saturated heterocycles. The van der Waals surface area contributed by atoms with E-state index in [0.29, 0.717) is 6.42 Å². The average molecular weight is 143 g/mol. The van der Waals surface area contributed by atoms with Gasteiger partial charge in [-0.2, -0.15) is 0 Å². The van der Waals surface area contributed by atoms with Crippen molar-refractivity contribution in [2.75, 3.05) is 6.61 Å². The van der Waals surface area contributed by atoms with Crippen molar-refractivity contribution in [1.29, 1.82) is 0 Å². The normalized spacial score (nSPS) is 42.4. The molecule has 54 valence electrons. The monoisotopic (exact) mass is 143 g/mol. The van der Waals surface area contributed by atoms with Gasteiger partial charge in [0.25, 0.3) is 0 Å². The van der Waals surface area contributed by atoms with Crippen molar-refractivity contribution in [2.24, 2.45) is 5.92 Å². The van der Waals surface area contributed by atoms with Crippen LogP contribution in [0.25, 0.3) is 0 Å². The molecule has 5 heteroatoms. The third kappa shape index (κ3) is 0.383. The van der Waals surface area contributed by atoms with Crippen molar-refractivity contribution < 1.29 is 14.5 Å². The van der Waals surface area contributed by atoms with Crippen molar-refractivity contribution in [3.63, 3.8) is 0 Å². The van der Waals surface area contributed by atoms with Gasteiger partial charge >= 0.3 is 11.5 Å². The summed E-state index contributed by atoms with van der Waals surface area (Å²) in [7, 11) is 0. The number of rotatable bonds is 1. The number of ether oxygens (including phenoxy) is 1. The lowest BCUT2D eigenvalue weighted by atomic mass is 10.3. The van der Waals surface area contributed by atoms with Crippen LogP contribution in [0, 0.1) is 16.0 Å². The maximum absolute atomic E-state index is 10.7. The van der Waals surface area contributed by atoms with E-state index in [1.54, 1.807) is 0 Å². The van der Waals surface area contributed by atoms with Crippen LogP contribution in [-0.4, -0.2) is 23.0 Å². The molecule has 0 spiro atoms. The molecule has 0 radical (unpaired) electrons. The van der Waals surface area contributed by atoms with Gasteiger partial charge in [0.15, 0.2) is 0 Å². The molecule has 0 bridgehead atoms. The van der Waals surface area contributed by atoms with Gasteiger partial charge in [0.1, 0.15) is 6.61 Å². The fraction of sp³-hybridized carbons (Fsp3) is 0.800. The number of cyclic esters (lactones) is 1. The quantitative estimate of drug-likeness (QED) is 0.284. The topological polar surface area (TPSA) is 69.4 Å². The van der Waals surface area contributed by atoms with Crippen LogP contribution >= 0.6 is 0 Å². The highest BCUT2D eigenvalue weighted by molar-refractivity contribution is 5.85. The van der Waals surface area contributed by atoms with E-state index < -0.39 is 16.4 Å². The Hall–Kier alpha value is -1.13. The Morgan fingerprint density at radius 2 is 2.50 bits per heavy atom. The molecule has 1 aliphatic carbocycles. The number of hydrogen-bond donors (Lipinski definition) is 0. The summed E-state index contributed by atoms with van der Waals surface area (Å²) in [6.07, 6.45) is 0.374. The minimum absolute atomic E-state index is 0.144. The Kier molecular flexibility index (Phi) is 0.736. The van der Waals surface area contributed by atoms with Crippen molar-refractivity contribution in [3.8, 4) is 0 Å². The second-order valence-corrected chi connectivity index (χ2v) is 2.68. The van der Waals surface area contributed by atoms with E-state index in [-0.39, 0.29) is 12.5 Å². The lowest BCUT2D eigenvalue weighted by Gasteiger charge is -1.97. The first-order chi connectivity index (χ1) is 4.68. The van der Waals surface area contributed by atoms with Gasteiger partial charge in [-0.05, 0) is 0 Å². The molecule has 2 fully saturated rings. The van der Waals surface area contributed by atoms with Gasteiger partial charge in [0, 0.05) is 11.3 Å². The number of fused-ring (bicyclic) bond motifs is 1. The molecule has 0 amide bonds. The molecule has 0 aromatic heterocycles. The standard InChI is InChI=1S/C5H5NO4/c7-4-5(6(8)9)1-3(5)2-10-4/h3H,1-2H2. The fourth-order valence-electron chi connectivity index (χ4n) is 1.36. The van der Waals surface area contributed by atoms with Crippen molar-refractivity contribution in [3.05, 3.63) is 10.1 Å². The van der Waals surface area contributed by atoms with E-state index in [0.717, 1.165) is 0 Å². The first kappa shape index (κ1) is 5.64. The second-order valence-electron chi connectivity index (χ2n) is 2.68. The molecule has 0 aromatic rings. The molecule has 2 rings (SSSR count).